The predicted octanol–water partition coefficient (Wildman–Crippen LogP) is 5.30. The summed E-state index contributed by atoms with van der Waals surface area (Å²) in [5.74, 6) is -0.0765. The van der Waals surface area contributed by atoms with Crippen LogP contribution in [0.2, 0.25) is 0 Å². The zero-order chi connectivity index (χ0) is 12.4. The van der Waals surface area contributed by atoms with Crippen molar-refractivity contribution >= 4 is 47.8 Å². The highest BCUT2D eigenvalue weighted by molar-refractivity contribution is 9.11. The van der Waals surface area contributed by atoms with E-state index in [9.17, 15) is 4.39 Å². The van der Waals surface area contributed by atoms with Gasteiger partial charge in [-0.1, -0.05) is 15.9 Å². The smallest absolute Gasteiger partial charge is 0.255 e. The molecule has 0 fully saturated rings. The zero-order valence-corrected chi connectivity index (χ0v) is 13.0. The number of nitrogens with zero attached hydrogens (tertiary/aromatic N) is 1. The summed E-state index contributed by atoms with van der Waals surface area (Å²) < 4.78 is 21.1. The first-order valence-electron chi connectivity index (χ1n) is 4.50. The number of aromatic nitrogens is 1. The van der Waals surface area contributed by atoms with Gasteiger partial charge in [0.1, 0.15) is 5.75 Å². The molecule has 0 spiro atoms. The van der Waals surface area contributed by atoms with Gasteiger partial charge in [0.15, 0.2) is 5.82 Å². The molecule has 0 aliphatic rings. The van der Waals surface area contributed by atoms with E-state index in [1.165, 1.54) is 12.3 Å². The molecule has 2 rings (SSSR count). The molecule has 0 amide bonds. The Hall–Kier alpha value is -0.460. The Kier molecular flexibility index (Phi) is 4.17. The van der Waals surface area contributed by atoms with E-state index in [2.05, 4.69) is 52.8 Å². The average Bonchev–Trinajstić information content (AvgIpc) is 2.25. The maximum Gasteiger partial charge on any atom is 0.255 e. The van der Waals surface area contributed by atoms with Crippen LogP contribution >= 0.6 is 47.8 Å². The van der Waals surface area contributed by atoms with Crippen LogP contribution in [0, 0.1) is 5.82 Å². The lowest BCUT2D eigenvalue weighted by Gasteiger charge is -2.07. The molecule has 1 aromatic heterocycles. The maximum absolute atomic E-state index is 13.5. The van der Waals surface area contributed by atoms with Crippen molar-refractivity contribution in [2.24, 2.45) is 0 Å². The lowest BCUT2D eigenvalue weighted by Crippen LogP contribution is -1.92. The quantitative estimate of drug-likeness (QED) is 0.651. The lowest BCUT2D eigenvalue weighted by atomic mass is 10.3. The van der Waals surface area contributed by atoms with Gasteiger partial charge < -0.3 is 4.74 Å². The molecule has 0 aliphatic carbocycles. The Labute approximate surface area is 123 Å². The van der Waals surface area contributed by atoms with E-state index in [0.717, 1.165) is 8.95 Å². The number of pyridine rings is 1. The third kappa shape index (κ3) is 3.26. The minimum absolute atomic E-state index is 0.0591. The minimum atomic E-state index is -0.519. The number of hydrogen-bond donors (Lipinski definition) is 0. The van der Waals surface area contributed by atoms with Crippen molar-refractivity contribution in [3.63, 3.8) is 0 Å². The first-order valence-corrected chi connectivity index (χ1v) is 6.88. The first-order chi connectivity index (χ1) is 8.06. The number of ether oxygens (including phenoxy) is 1. The van der Waals surface area contributed by atoms with Crippen LogP contribution in [0.5, 0.6) is 11.6 Å². The minimum Gasteiger partial charge on any atom is -0.435 e. The molecule has 2 aromatic rings. The van der Waals surface area contributed by atoms with Gasteiger partial charge in [0.05, 0.1) is 4.47 Å². The van der Waals surface area contributed by atoms with Gasteiger partial charge in [0, 0.05) is 15.1 Å². The van der Waals surface area contributed by atoms with Crippen molar-refractivity contribution in [2.45, 2.75) is 0 Å². The van der Waals surface area contributed by atoms with Gasteiger partial charge in [-0.25, -0.2) is 9.37 Å². The Morgan fingerprint density at radius 3 is 2.47 bits per heavy atom. The fourth-order valence-corrected chi connectivity index (χ4v) is 2.57. The van der Waals surface area contributed by atoms with Gasteiger partial charge in [0.25, 0.3) is 5.88 Å². The zero-order valence-electron chi connectivity index (χ0n) is 8.25. The van der Waals surface area contributed by atoms with Gasteiger partial charge in [-0.05, 0) is 56.1 Å². The summed E-state index contributed by atoms with van der Waals surface area (Å²) in [4.78, 5) is 3.86. The Bertz CT molecular complexity index is 513. The third-order valence-electron chi connectivity index (χ3n) is 1.87. The van der Waals surface area contributed by atoms with E-state index in [-0.39, 0.29) is 5.88 Å². The molecule has 17 heavy (non-hydrogen) atoms. The highest BCUT2D eigenvalue weighted by Gasteiger charge is 2.09. The highest BCUT2D eigenvalue weighted by Crippen LogP contribution is 2.32. The SMILES string of the molecule is Fc1cc(Br)cnc1Oc1ccc(Br)cc1Br. The number of halogens is 4. The van der Waals surface area contributed by atoms with Crippen molar-refractivity contribution in [1.82, 2.24) is 4.98 Å². The van der Waals surface area contributed by atoms with Gasteiger partial charge in [-0.15, -0.1) is 0 Å². The fourth-order valence-electron chi connectivity index (χ4n) is 1.14. The Balaban J connectivity index is 2.31. The highest BCUT2D eigenvalue weighted by atomic mass is 79.9. The van der Waals surface area contributed by atoms with E-state index < -0.39 is 5.82 Å². The van der Waals surface area contributed by atoms with Crippen molar-refractivity contribution in [1.29, 1.82) is 0 Å². The molecule has 0 saturated heterocycles. The number of rotatable bonds is 2. The summed E-state index contributed by atoms with van der Waals surface area (Å²) in [6.45, 7) is 0. The monoisotopic (exact) mass is 423 g/mol. The molecule has 6 heteroatoms. The molecule has 2 nitrogen and oxygen atoms in total. The molecule has 0 aliphatic heterocycles. The maximum atomic E-state index is 13.5. The third-order valence-corrected chi connectivity index (χ3v) is 3.42. The molecular weight excluding hydrogens is 421 g/mol. The number of hydrogen-bond acceptors (Lipinski definition) is 2. The summed E-state index contributed by atoms with van der Waals surface area (Å²) in [7, 11) is 0. The largest absolute Gasteiger partial charge is 0.435 e. The molecular formula is C11H5Br3FNO. The van der Waals surface area contributed by atoms with E-state index >= 15 is 0 Å². The summed E-state index contributed by atoms with van der Waals surface area (Å²) in [6, 6.07) is 6.63. The fraction of sp³-hybridized carbons (Fsp3) is 0. The van der Waals surface area contributed by atoms with E-state index in [0.29, 0.717) is 10.2 Å². The van der Waals surface area contributed by atoms with Crippen LogP contribution in [0.3, 0.4) is 0 Å². The van der Waals surface area contributed by atoms with Crippen molar-refractivity contribution in [3.05, 3.63) is 49.7 Å². The molecule has 1 aromatic carbocycles. The second-order valence-electron chi connectivity index (χ2n) is 3.12. The van der Waals surface area contributed by atoms with Crippen molar-refractivity contribution in [3.8, 4) is 11.6 Å². The number of benzene rings is 1. The van der Waals surface area contributed by atoms with Crippen LogP contribution in [0.15, 0.2) is 43.9 Å². The second kappa shape index (κ2) is 5.46. The van der Waals surface area contributed by atoms with Gasteiger partial charge >= 0.3 is 0 Å². The summed E-state index contributed by atoms with van der Waals surface area (Å²) in [5, 5.41) is 0. The topological polar surface area (TPSA) is 22.1 Å². The van der Waals surface area contributed by atoms with E-state index in [1.807, 2.05) is 6.07 Å². The molecule has 88 valence electrons. The van der Waals surface area contributed by atoms with Gasteiger partial charge in [0.2, 0.25) is 0 Å². The predicted molar refractivity (Wildman–Crippen MR) is 73.8 cm³/mol. The van der Waals surface area contributed by atoms with Crippen LogP contribution in [0.4, 0.5) is 4.39 Å². The first kappa shape index (κ1) is 13.0. The molecule has 0 atom stereocenters. The lowest BCUT2D eigenvalue weighted by molar-refractivity contribution is 0.420. The van der Waals surface area contributed by atoms with Crippen LogP contribution in [0.25, 0.3) is 0 Å². The van der Waals surface area contributed by atoms with Crippen LogP contribution < -0.4 is 4.74 Å². The Morgan fingerprint density at radius 2 is 1.82 bits per heavy atom. The van der Waals surface area contributed by atoms with E-state index in [4.69, 9.17) is 4.74 Å². The summed E-state index contributed by atoms with van der Waals surface area (Å²) in [6.07, 6.45) is 1.48. The van der Waals surface area contributed by atoms with Gasteiger partial charge in [-0.2, -0.15) is 0 Å². The van der Waals surface area contributed by atoms with Crippen molar-refractivity contribution in [2.75, 3.05) is 0 Å². The standard InChI is InChI=1S/C11H5Br3FNO/c12-6-1-2-10(8(14)3-6)17-11-9(15)4-7(13)5-16-11/h1-5H. The molecule has 0 N–H and O–H groups in total. The molecule has 0 unspecified atom stereocenters. The van der Waals surface area contributed by atoms with Gasteiger partial charge in [-0.3, -0.25) is 0 Å². The second-order valence-corrected chi connectivity index (χ2v) is 5.80. The molecule has 0 bridgehead atoms. The average molecular weight is 426 g/mol. The van der Waals surface area contributed by atoms with Crippen LogP contribution in [0.1, 0.15) is 0 Å². The molecule has 0 radical (unpaired) electrons. The molecule has 1 heterocycles. The molecule has 0 saturated carbocycles. The summed E-state index contributed by atoms with van der Waals surface area (Å²) >= 11 is 9.79. The van der Waals surface area contributed by atoms with Crippen LogP contribution in [-0.4, -0.2) is 4.98 Å². The normalized spacial score (nSPS) is 10.4. The van der Waals surface area contributed by atoms with Crippen LogP contribution in [-0.2, 0) is 0 Å². The Morgan fingerprint density at radius 1 is 1.06 bits per heavy atom. The van der Waals surface area contributed by atoms with E-state index in [1.54, 1.807) is 12.1 Å². The van der Waals surface area contributed by atoms with Crippen molar-refractivity contribution < 1.29 is 9.13 Å². The summed E-state index contributed by atoms with van der Waals surface area (Å²) in [5.41, 5.74) is 0.